The van der Waals surface area contributed by atoms with Gasteiger partial charge in [0.2, 0.25) is 0 Å². The van der Waals surface area contributed by atoms with Crippen LogP contribution in [-0.4, -0.2) is 47.3 Å². The maximum absolute atomic E-state index is 12.1. The fraction of sp³-hybridized carbons (Fsp3) is 0.500. The second-order valence-electron chi connectivity index (χ2n) is 3.39. The highest BCUT2D eigenvalue weighted by molar-refractivity contribution is 5.91. The molecule has 1 aromatic rings. The summed E-state index contributed by atoms with van der Waals surface area (Å²) in [4.78, 5) is 20.3. The normalized spacial score (nSPS) is 10.4. The lowest BCUT2D eigenvalue weighted by atomic mass is 10.4. The number of carbonyl (C=O) groups is 1. The van der Waals surface area contributed by atoms with Crippen LogP contribution in [0, 0.1) is 0 Å². The average Bonchev–Trinajstić information content (AvgIpc) is 2.28. The Morgan fingerprint density at radius 1 is 1.47 bits per heavy atom. The molecule has 0 fully saturated rings. The summed E-state index contributed by atoms with van der Waals surface area (Å²) in [6, 6.07) is 0. The first-order valence-corrected chi connectivity index (χ1v) is 5.14. The maximum atomic E-state index is 12.1. The van der Waals surface area contributed by atoms with Gasteiger partial charge in [0.15, 0.2) is 0 Å². The highest BCUT2D eigenvalue weighted by atomic mass is 19.3. The molecule has 0 unspecified atom stereocenters. The van der Waals surface area contributed by atoms with Crippen molar-refractivity contribution in [2.75, 3.05) is 25.5 Å². The monoisotopic (exact) mass is 244 g/mol. The number of amides is 1. The molecule has 0 aliphatic heterocycles. The Labute approximate surface area is 97.9 Å². The van der Waals surface area contributed by atoms with E-state index in [2.05, 4.69) is 15.3 Å². The standard InChI is InChI=1S/C10H14F2N4O/c1-3-13-9-5-14-7(4-15-9)10(17)16(2)6-8(11)12/h4-5,8H,3,6H2,1-2H3,(H,13,15). The van der Waals surface area contributed by atoms with E-state index in [-0.39, 0.29) is 5.69 Å². The van der Waals surface area contributed by atoms with Gasteiger partial charge in [-0.2, -0.15) is 0 Å². The molecule has 0 aliphatic rings. The van der Waals surface area contributed by atoms with Gasteiger partial charge in [-0.25, -0.2) is 18.7 Å². The number of hydrogen-bond donors (Lipinski definition) is 1. The van der Waals surface area contributed by atoms with Crippen LogP contribution in [0.2, 0.25) is 0 Å². The molecule has 0 atom stereocenters. The molecule has 1 N–H and O–H groups in total. The van der Waals surface area contributed by atoms with Crippen molar-refractivity contribution >= 4 is 11.7 Å². The third-order valence-electron chi connectivity index (χ3n) is 1.99. The number of nitrogens with one attached hydrogen (secondary N) is 1. The van der Waals surface area contributed by atoms with Crippen molar-refractivity contribution in [3.8, 4) is 0 Å². The van der Waals surface area contributed by atoms with Gasteiger partial charge in [-0.1, -0.05) is 0 Å². The smallest absolute Gasteiger partial charge is 0.273 e. The van der Waals surface area contributed by atoms with Crippen LogP contribution in [0.4, 0.5) is 14.6 Å². The van der Waals surface area contributed by atoms with E-state index in [9.17, 15) is 13.6 Å². The number of alkyl halides is 2. The molecule has 7 heteroatoms. The van der Waals surface area contributed by atoms with Gasteiger partial charge in [0.1, 0.15) is 11.5 Å². The van der Waals surface area contributed by atoms with E-state index >= 15 is 0 Å². The fourth-order valence-corrected chi connectivity index (χ4v) is 1.20. The van der Waals surface area contributed by atoms with Gasteiger partial charge < -0.3 is 10.2 Å². The summed E-state index contributed by atoms with van der Waals surface area (Å²) in [6.45, 7) is 1.97. The lowest BCUT2D eigenvalue weighted by Gasteiger charge is -2.15. The van der Waals surface area contributed by atoms with Crippen LogP contribution in [0.5, 0.6) is 0 Å². The second-order valence-corrected chi connectivity index (χ2v) is 3.39. The lowest BCUT2D eigenvalue weighted by molar-refractivity contribution is 0.0615. The molecule has 0 spiro atoms. The first-order chi connectivity index (χ1) is 8.04. The molecule has 1 rings (SSSR count). The van der Waals surface area contributed by atoms with Gasteiger partial charge in [0, 0.05) is 13.6 Å². The van der Waals surface area contributed by atoms with Crippen molar-refractivity contribution in [1.82, 2.24) is 14.9 Å². The predicted octanol–water partition coefficient (Wildman–Crippen LogP) is 1.25. The maximum Gasteiger partial charge on any atom is 0.273 e. The summed E-state index contributed by atoms with van der Waals surface area (Å²) in [6.07, 6.45) is 0.104. The molecule has 0 aromatic carbocycles. The summed E-state index contributed by atoms with van der Waals surface area (Å²) in [5, 5.41) is 2.92. The SMILES string of the molecule is CCNc1cnc(C(=O)N(C)CC(F)F)cn1. The molecular formula is C10H14F2N4O. The second kappa shape index (κ2) is 6.07. The van der Waals surface area contributed by atoms with Crippen LogP contribution in [0.25, 0.3) is 0 Å². The van der Waals surface area contributed by atoms with Gasteiger partial charge in [-0.3, -0.25) is 4.79 Å². The topological polar surface area (TPSA) is 58.1 Å². The van der Waals surface area contributed by atoms with E-state index in [0.29, 0.717) is 12.4 Å². The van der Waals surface area contributed by atoms with E-state index in [0.717, 1.165) is 4.90 Å². The number of halogens is 2. The van der Waals surface area contributed by atoms with Crippen LogP contribution < -0.4 is 5.32 Å². The Bertz CT molecular complexity index is 369. The minimum atomic E-state index is -2.56. The predicted molar refractivity (Wildman–Crippen MR) is 59.2 cm³/mol. The largest absolute Gasteiger partial charge is 0.369 e. The first kappa shape index (κ1) is 13.3. The van der Waals surface area contributed by atoms with Crippen LogP contribution in [-0.2, 0) is 0 Å². The average molecular weight is 244 g/mol. The van der Waals surface area contributed by atoms with Crippen molar-refractivity contribution in [3.63, 3.8) is 0 Å². The summed E-state index contributed by atoms with van der Waals surface area (Å²) in [5.74, 6) is -0.0265. The van der Waals surface area contributed by atoms with Crippen molar-refractivity contribution in [1.29, 1.82) is 0 Å². The molecule has 1 amide bonds. The molecule has 0 saturated carbocycles. The van der Waals surface area contributed by atoms with Crippen molar-refractivity contribution in [3.05, 3.63) is 18.1 Å². The van der Waals surface area contributed by atoms with Crippen molar-refractivity contribution in [2.24, 2.45) is 0 Å². The fourth-order valence-electron chi connectivity index (χ4n) is 1.20. The zero-order valence-corrected chi connectivity index (χ0v) is 9.65. The van der Waals surface area contributed by atoms with Crippen molar-refractivity contribution in [2.45, 2.75) is 13.3 Å². The number of hydrogen-bond acceptors (Lipinski definition) is 4. The number of carbonyl (C=O) groups excluding carboxylic acids is 1. The van der Waals surface area contributed by atoms with Crippen LogP contribution in [0.3, 0.4) is 0 Å². The summed E-state index contributed by atoms with van der Waals surface area (Å²) in [5.41, 5.74) is 0.0507. The molecule has 0 aliphatic carbocycles. The number of rotatable bonds is 5. The molecular weight excluding hydrogens is 230 g/mol. The number of aromatic nitrogens is 2. The molecule has 0 radical (unpaired) electrons. The van der Waals surface area contributed by atoms with Gasteiger partial charge >= 0.3 is 0 Å². The molecule has 5 nitrogen and oxygen atoms in total. The molecule has 0 bridgehead atoms. The third kappa shape index (κ3) is 3.93. The Morgan fingerprint density at radius 2 is 2.18 bits per heavy atom. The van der Waals surface area contributed by atoms with E-state index in [1.165, 1.54) is 19.4 Å². The Morgan fingerprint density at radius 3 is 2.65 bits per heavy atom. The van der Waals surface area contributed by atoms with E-state index in [1.54, 1.807) is 0 Å². The molecule has 94 valence electrons. The van der Waals surface area contributed by atoms with E-state index < -0.39 is 18.9 Å². The molecule has 1 aromatic heterocycles. The molecule has 0 saturated heterocycles. The summed E-state index contributed by atoms with van der Waals surface area (Å²) >= 11 is 0. The third-order valence-corrected chi connectivity index (χ3v) is 1.99. The van der Waals surface area contributed by atoms with Crippen molar-refractivity contribution < 1.29 is 13.6 Å². The Hall–Kier alpha value is -1.79. The Kier molecular flexibility index (Phi) is 4.74. The minimum absolute atomic E-state index is 0.0507. The number of nitrogens with zero attached hydrogens (tertiary/aromatic N) is 3. The van der Waals surface area contributed by atoms with Gasteiger partial charge in [0.05, 0.1) is 18.9 Å². The zero-order valence-electron chi connectivity index (χ0n) is 9.65. The first-order valence-electron chi connectivity index (χ1n) is 5.14. The highest BCUT2D eigenvalue weighted by Gasteiger charge is 2.17. The van der Waals surface area contributed by atoms with Crippen LogP contribution >= 0.6 is 0 Å². The Balaban J connectivity index is 2.69. The molecule has 1 heterocycles. The highest BCUT2D eigenvalue weighted by Crippen LogP contribution is 2.05. The van der Waals surface area contributed by atoms with Crippen LogP contribution in [0.15, 0.2) is 12.4 Å². The van der Waals surface area contributed by atoms with Crippen LogP contribution in [0.1, 0.15) is 17.4 Å². The number of anilines is 1. The quantitative estimate of drug-likeness (QED) is 0.846. The van der Waals surface area contributed by atoms with Gasteiger partial charge in [-0.05, 0) is 6.92 Å². The lowest BCUT2D eigenvalue weighted by Crippen LogP contribution is -2.31. The van der Waals surface area contributed by atoms with Gasteiger partial charge in [0.25, 0.3) is 12.3 Å². The molecule has 17 heavy (non-hydrogen) atoms. The van der Waals surface area contributed by atoms with Gasteiger partial charge in [-0.15, -0.1) is 0 Å². The van der Waals surface area contributed by atoms with E-state index in [1.807, 2.05) is 6.92 Å². The van der Waals surface area contributed by atoms with E-state index in [4.69, 9.17) is 0 Å². The summed E-state index contributed by atoms with van der Waals surface area (Å²) < 4.78 is 24.2. The summed E-state index contributed by atoms with van der Waals surface area (Å²) in [7, 11) is 1.30. The zero-order chi connectivity index (χ0) is 12.8. The minimum Gasteiger partial charge on any atom is -0.369 e.